The maximum absolute atomic E-state index is 15.5. The van der Waals surface area contributed by atoms with Gasteiger partial charge in [-0.25, -0.2) is 4.39 Å². The number of halogens is 2. The number of rotatable bonds is 11. The monoisotopic (exact) mass is 685 g/mol. The van der Waals surface area contributed by atoms with E-state index in [4.69, 9.17) is 21.1 Å². The molecule has 0 radical (unpaired) electrons. The first-order chi connectivity index (χ1) is 22.7. The highest BCUT2D eigenvalue weighted by Gasteiger charge is 2.42. The minimum Gasteiger partial charge on any atom is -0.481 e. The summed E-state index contributed by atoms with van der Waals surface area (Å²) in [4.78, 5) is 42.5. The molecule has 3 atom stereocenters. The van der Waals surface area contributed by atoms with E-state index >= 15 is 4.39 Å². The number of aliphatic carboxylic acids is 1. The maximum Gasteiger partial charge on any atom is 0.306 e. The van der Waals surface area contributed by atoms with E-state index in [1.165, 1.54) is 23.5 Å². The van der Waals surface area contributed by atoms with Gasteiger partial charge in [0.15, 0.2) is 0 Å². The summed E-state index contributed by atoms with van der Waals surface area (Å²) in [5, 5.41) is 14.8. The van der Waals surface area contributed by atoms with Crippen molar-refractivity contribution < 1.29 is 33.4 Å². The Labute approximate surface area is 283 Å². The Balaban J connectivity index is 1.14. The fraction of sp³-hybridized carbons (Fsp3) is 0.514. The Morgan fingerprint density at radius 2 is 1.87 bits per heavy atom. The number of carboxylic acids is 1. The fourth-order valence-electron chi connectivity index (χ4n) is 7.46. The molecule has 2 amide bonds. The smallest absolute Gasteiger partial charge is 0.306 e. The highest BCUT2D eigenvalue weighted by atomic mass is 35.5. The van der Waals surface area contributed by atoms with Crippen molar-refractivity contribution in [3.8, 4) is 0 Å². The average Bonchev–Trinajstić information content (AvgIpc) is 3.81. The van der Waals surface area contributed by atoms with Gasteiger partial charge in [-0.1, -0.05) is 29.8 Å². The Bertz CT molecular complexity index is 1610. The van der Waals surface area contributed by atoms with Gasteiger partial charge in [0.1, 0.15) is 5.82 Å². The van der Waals surface area contributed by atoms with Crippen LogP contribution in [0.3, 0.4) is 0 Å². The van der Waals surface area contributed by atoms with Gasteiger partial charge < -0.3 is 24.8 Å². The summed E-state index contributed by atoms with van der Waals surface area (Å²) in [6.07, 6.45) is 5.16. The van der Waals surface area contributed by atoms with Crippen LogP contribution in [0.4, 0.5) is 10.1 Å². The summed E-state index contributed by atoms with van der Waals surface area (Å²) >= 11 is 7.99. The van der Waals surface area contributed by atoms with E-state index in [0.29, 0.717) is 57.0 Å². The van der Waals surface area contributed by atoms with Gasteiger partial charge in [-0.2, -0.15) is 0 Å². The Hall–Kier alpha value is -3.09. The van der Waals surface area contributed by atoms with Crippen LogP contribution in [0.2, 0.25) is 5.02 Å². The molecule has 0 bridgehead atoms. The van der Waals surface area contributed by atoms with E-state index in [9.17, 15) is 19.5 Å². The van der Waals surface area contributed by atoms with Crippen LogP contribution in [-0.2, 0) is 25.5 Å². The molecular weight excluding hydrogens is 645 g/mol. The van der Waals surface area contributed by atoms with E-state index < -0.39 is 11.8 Å². The molecule has 3 heterocycles. The lowest BCUT2D eigenvalue weighted by atomic mass is 9.87. The summed E-state index contributed by atoms with van der Waals surface area (Å²) in [5.41, 5.74) is 0.787. The third-order valence-corrected chi connectivity index (χ3v) is 11.2. The van der Waals surface area contributed by atoms with Crippen molar-refractivity contribution in [1.82, 2.24) is 9.80 Å². The summed E-state index contributed by atoms with van der Waals surface area (Å²) < 4.78 is 28.2. The van der Waals surface area contributed by atoms with E-state index in [1.807, 2.05) is 29.2 Å². The average molecular weight is 686 g/mol. The SMILES string of the molecule is COC[C@H]1CCCN1[C@H]1C[C@@H](CO[C@H]2CC[C@H](C(=O)O)CC2)N(C(=O)Cc2cc(Cl)c(NC(=O)c3csc4ccccc34)cc2F)C1. The van der Waals surface area contributed by atoms with Crippen LogP contribution in [-0.4, -0.2) is 90.3 Å². The van der Waals surface area contributed by atoms with E-state index in [2.05, 4.69) is 10.2 Å². The molecule has 47 heavy (non-hydrogen) atoms. The van der Waals surface area contributed by atoms with Crippen molar-refractivity contribution in [1.29, 1.82) is 0 Å². The zero-order chi connectivity index (χ0) is 33.1. The predicted octanol–water partition coefficient (Wildman–Crippen LogP) is 6.23. The molecule has 1 aliphatic carbocycles. The van der Waals surface area contributed by atoms with Crippen molar-refractivity contribution in [2.45, 2.75) is 75.6 Å². The Morgan fingerprint density at radius 3 is 2.64 bits per heavy atom. The van der Waals surface area contributed by atoms with Gasteiger partial charge >= 0.3 is 5.97 Å². The van der Waals surface area contributed by atoms with Crippen LogP contribution >= 0.6 is 22.9 Å². The standard InChI is InChI=1S/C35H41ClFN3O6S/c1-45-18-23-5-4-12-39(23)24-15-25(19-46-26-10-8-21(9-11-26)35(43)44)40(17-24)33(41)14-22-13-29(36)31(16-30(22)37)38-34(42)28-20-47-32-7-3-2-6-27(28)32/h2-3,6-7,13,16,20-21,23-26H,4-5,8-12,14-15,17-19H2,1H3,(H,38,42)(H,43,44)/t21-,23-,24+,25+,26-/m1/s1. The molecule has 3 aliphatic rings. The molecule has 2 N–H and O–H groups in total. The van der Waals surface area contributed by atoms with Crippen molar-refractivity contribution in [3.63, 3.8) is 0 Å². The van der Waals surface area contributed by atoms with Gasteiger partial charge in [0.25, 0.3) is 5.91 Å². The number of anilines is 1. The number of thiophene rings is 1. The molecule has 0 unspecified atom stereocenters. The first-order valence-electron chi connectivity index (χ1n) is 16.4. The number of nitrogens with one attached hydrogen (secondary N) is 1. The topological polar surface area (TPSA) is 108 Å². The lowest BCUT2D eigenvalue weighted by molar-refractivity contribution is -0.144. The van der Waals surface area contributed by atoms with Crippen molar-refractivity contribution in [2.24, 2.45) is 5.92 Å². The van der Waals surface area contributed by atoms with Crippen LogP contribution in [0.5, 0.6) is 0 Å². The van der Waals surface area contributed by atoms with Crippen molar-refractivity contribution in [3.05, 3.63) is 63.7 Å². The number of carbonyl (C=O) groups excluding carboxylic acids is 2. The molecule has 12 heteroatoms. The molecule has 6 rings (SSSR count). The minimum absolute atomic E-state index is 0.0410. The lowest BCUT2D eigenvalue weighted by Gasteiger charge is -2.30. The number of carbonyl (C=O) groups is 3. The molecule has 1 aromatic heterocycles. The van der Waals surface area contributed by atoms with Crippen LogP contribution in [0, 0.1) is 11.7 Å². The molecule has 9 nitrogen and oxygen atoms in total. The number of methoxy groups -OCH3 is 1. The van der Waals surface area contributed by atoms with E-state index in [-0.39, 0.29) is 58.6 Å². The lowest BCUT2D eigenvalue weighted by Crippen LogP contribution is -2.44. The first-order valence-corrected chi connectivity index (χ1v) is 17.6. The Kier molecular flexibility index (Phi) is 10.8. The highest BCUT2D eigenvalue weighted by Crippen LogP contribution is 2.33. The summed E-state index contributed by atoms with van der Waals surface area (Å²) in [5.74, 6) is -2.30. The fourth-order valence-corrected chi connectivity index (χ4v) is 8.63. The number of amides is 2. The number of likely N-dealkylation sites (tertiary alicyclic amines) is 2. The number of hydrogen-bond acceptors (Lipinski definition) is 7. The maximum atomic E-state index is 15.5. The van der Waals surface area contributed by atoms with Crippen molar-refractivity contribution >= 4 is 56.5 Å². The van der Waals surface area contributed by atoms with E-state index in [0.717, 1.165) is 35.9 Å². The van der Waals surface area contributed by atoms with Gasteiger partial charge in [-0.05, 0) is 75.3 Å². The molecule has 2 aliphatic heterocycles. The third-order valence-electron chi connectivity index (χ3n) is 9.96. The van der Waals surface area contributed by atoms with Gasteiger partial charge in [0.2, 0.25) is 5.91 Å². The molecule has 252 valence electrons. The molecule has 3 fully saturated rings. The van der Waals surface area contributed by atoms with Crippen molar-refractivity contribution in [2.75, 3.05) is 38.7 Å². The van der Waals surface area contributed by atoms with Gasteiger partial charge in [-0.3, -0.25) is 19.3 Å². The zero-order valence-electron chi connectivity index (χ0n) is 26.5. The second-order valence-electron chi connectivity index (χ2n) is 12.9. The minimum atomic E-state index is -0.756. The zero-order valence-corrected chi connectivity index (χ0v) is 28.0. The quantitative estimate of drug-likeness (QED) is 0.247. The van der Waals surface area contributed by atoms with Crippen LogP contribution in [0.1, 0.15) is 60.9 Å². The second-order valence-corrected chi connectivity index (χ2v) is 14.2. The summed E-state index contributed by atoms with van der Waals surface area (Å²) in [6.45, 7) is 2.43. The molecule has 0 spiro atoms. The Morgan fingerprint density at radius 1 is 1.09 bits per heavy atom. The van der Waals surface area contributed by atoms with Gasteiger partial charge in [0, 0.05) is 41.2 Å². The van der Waals surface area contributed by atoms with Gasteiger partial charge in [0.05, 0.1) is 54.0 Å². The van der Waals surface area contributed by atoms with Crippen LogP contribution in [0.15, 0.2) is 41.8 Å². The molecule has 2 saturated heterocycles. The third kappa shape index (κ3) is 7.65. The summed E-state index contributed by atoms with van der Waals surface area (Å²) in [7, 11) is 1.71. The molecular formula is C35H41ClFN3O6S. The number of nitrogens with zero attached hydrogens (tertiary/aromatic N) is 2. The molecule has 3 aromatic rings. The highest BCUT2D eigenvalue weighted by molar-refractivity contribution is 7.17. The summed E-state index contributed by atoms with van der Waals surface area (Å²) in [6, 6.07) is 10.4. The predicted molar refractivity (Wildman–Crippen MR) is 180 cm³/mol. The molecule has 1 saturated carbocycles. The van der Waals surface area contributed by atoms with Gasteiger partial charge in [-0.15, -0.1) is 11.3 Å². The number of ether oxygens (including phenoxy) is 2. The number of hydrogen-bond donors (Lipinski definition) is 2. The number of fused-ring (bicyclic) bond motifs is 1. The van der Waals surface area contributed by atoms with Crippen LogP contribution in [0.25, 0.3) is 10.1 Å². The number of carboxylic acid groups (broad SMARTS) is 1. The molecule has 2 aromatic carbocycles. The second kappa shape index (κ2) is 15.0. The normalized spacial score (nSPS) is 25.0. The largest absolute Gasteiger partial charge is 0.481 e. The number of benzene rings is 2. The van der Waals surface area contributed by atoms with E-state index in [1.54, 1.807) is 12.5 Å². The van der Waals surface area contributed by atoms with Crippen LogP contribution < -0.4 is 5.32 Å². The first kappa shape index (κ1) is 33.8.